The van der Waals surface area contributed by atoms with Crippen molar-refractivity contribution < 1.29 is 31.6 Å². The lowest BCUT2D eigenvalue weighted by Gasteiger charge is -2.28. The van der Waals surface area contributed by atoms with Gasteiger partial charge in [-0.05, 0) is 26.8 Å². The molecular weight excluding hydrogens is 300 g/mol. The Balaban J connectivity index is 2.27. The first-order valence-electron chi connectivity index (χ1n) is 6.73. The third-order valence-corrected chi connectivity index (χ3v) is 3.73. The van der Waals surface area contributed by atoms with E-state index in [2.05, 4.69) is 0 Å². The SMILES string of the molecule is CCOC(=O)C1=C[C@@H](OS(C)(=O)=O)[C@@H]2OC(C)(C)O[C@@H]2C1. The second kappa shape index (κ2) is 5.68. The maximum absolute atomic E-state index is 11.9. The number of hydrogen-bond donors (Lipinski definition) is 0. The average molecular weight is 320 g/mol. The van der Waals surface area contributed by atoms with Crippen LogP contribution in [0.25, 0.3) is 0 Å². The minimum atomic E-state index is -3.69. The van der Waals surface area contributed by atoms with Crippen LogP contribution in [0.15, 0.2) is 11.6 Å². The fourth-order valence-corrected chi connectivity index (χ4v) is 3.11. The molecule has 8 heteroatoms. The quantitative estimate of drug-likeness (QED) is 0.557. The van der Waals surface area contributed by atoms with Gasteiger partial charge < -0.3 is 14.2 Å². The molecule has 1 aliphatic carbocycles. The summed E-state index contributed by atoms with van der Waals surface area (Å²) >= 11 is 0. The van der Waals surface area contributed by atoms with E-state index in [0.717, 1.165) is 6.26 Å². The molecule has 1 fully saturated rings. The van der Waals surface area contributed by atoms with E-state index in [-0.39, 0.29) is 6.61 Å². The van der Waals surface area contributed by atoms with E-state index in [0.29, 0.717) is 12.0 Å². The summed E-state index contributed by atoms with van der Waals surface area (Å²) in [5, 5.41) is 0. The zero-order valence-electron chi connectivity index (χ0n) is 12.5. The maximum Gasteiger partial charge on any atom is 0.333 e. The smallest absolute Gasteiger partial charge is 0.333 e. The molecule has 0 bridgehead atoms. The monoisotopic (exact) mass is 320 g/mol. The zero-order valence-corrected chi connectivity index (χ0v) is 13.3. The van der Waals surface area contributed by atoms with Crippen molar-refractivity contribution in [2.45, 2.75) is 51.3 Å². The van der Waals surface area contributed by atoms with Gasteiger partial charge in [0, 0.05) is 12.0 Å². The lowest BCUT2D eigenvalue weighted by molar-refractivity contribution is -0.150. The van der Waals surface area contributed by atoms with Gasteiger partial charge in [-0.25, -0.2) is 4.79 Å². The van der Waals surface area contributed by atoms with Gasteiger partial charge in [-0.2, -0.15) is 8.42 Å². The Hall–Kier alpha value is -0.960. The van der Waals surface area contributed by atoms with Crippen LogP contribution in [0, 0.1) is 0 Å². The van der Waals surface area contributed by atoms with Gasteiger partial charge in [0.25, 0.3) is 10.1 Å². The number of fused-ring (bicyclic) bond motifs is 1. The molecule has 2 aliphatic rings. The molecule has 0 radical (unpaired) electrons. The number of esters is 1. The Labute approximate surface area is 124 Å². The molecule has 1 heterocycles. The van der Waals surface area contributed by atoms with Gasteiger partial charge in [0.05, 0.1) is 19.0 Å². The summed E-state index contributed by atoms with van der Waals surface area (Å²) in [5.41, 5.74) is 0.341. The zero-order chi connectivity index (χ0) is 15.8. The number of hydrogen-bond acceptors (Lipinski definition) is 7. The molecule has 0 amide bonds. The molecule has 7 nitrogen and oxygen atoms in total. The molecule has 21 heavy (non-hydrogen) atoms. The summed E-state index contributed by atoms with van der Waals surface area (Å²) in [6.07, 6.45) is 0.778. The van der Waals surface area contributed by atoms with Crippen LogP contribution < -0.4 is 0 Å². The molecule has 0 N–H and O–H groups in total. The van der Waals surface area contributed by atoms with Gasteiger partial charge in [0.1, 0.15) is 12.2 Å². The van der Waals surface area contributed by atoms with Crippen LogP contribution in [-0.4, -0.2) is 51.3 Å². The number of rotatable bonds is 4. The van der Waals surface area contributed by atoms with E-state index in [4.69, 9.17) is 18.4 Å². The van der Waals surface area contributed by atoms with Gasteiger partial charge in [-0.1, -0.05) is 0 Å². The molecule has 120 valence electrons. The van der Waals surface area contributed by atoms with Crippen LogP contribution in [0.1, 0.15) is 27.2 Å². The van der Waals surface area contributed by atoms with Crippen molar-refractivity contribution in [2.24, 2.45) is 0 Å². The van der Waals surface area contributed by atoms with Crippen molar-refractivity contribution in [1.29, 1.82) is 0 Å². The van der Waals surface area contributed by atoms with Gasteiger partial charge in [-0.3, -0.25) is 4.18 Å². The lowest BCUT2D eigenvalue weighted by Crippen LogP contribution is -2.41. The van der Waals surface area contributed by atoms with E-state index < -0.39 is 40.2 Å². The normalized spacial score (nSPS) is 31.4. The average Bonchev–Trinajstić information content (AvgIpc) is 2.62. The van der Waals surface area contributed by atoms with Crippen LogP contribution in [-0.2, 0) is 33.3 Å². The highest BCUT2D eigenvalue weighted by atomic mass is 32.2. The number of carbonyl (C=O) groups is 1. The summed E-state index contributed by atoms with van der Waals surface area (Å²) in [6, 6.07) is 0. The Morgan fingerprint density at radius 3 is 2.67 bits per heavy atom. The molecule has 1 saturated heterocycles. The molecule has 2 rings (SSSR count). The van der Waals surface area contributed by atoms with Crippen LogP contribution in [0.4, 0.5) is 0 Å². The Morgan fingerprint density at radius 2 is 2.10 bits per heavy atom. The minimum absolute atomic E-state index is 0.241. The molecule has 0 spiro atoms. The van der Waals surface area contributed by atoms with Gasteiger partial charge in [0.15, 0.2) is 5.79 Å². The molecule has 0 aromatic rings. The fraction of sp³-hybridized carbons (Fsp3) is 0.769. The highest BCUT2D eigenvalue weighted by Crippen LogP contribution is 2.38. The third-order valence-electron chi connectivity index (χ3n) is 3.16. The Bertz CT molecular complexity index is 549. The molecule has 0 aromatic carbocycles. The standard InChI is InChI=1S/C13H20O7S/c1-5-17-12(14)8-6-9-11(19-13(2,3)18-9)10(7-8)20-21(4,15)16/h7,9-11H,5-6H2,1-4H3/t9-,10-,11-/m1/s1. The van der Waals surface area contributed by atoms with Gasteiger partial charge in [0.2, 0.25) is 0 Å². The minimum Gasteiger partial charge on any atom is -0.463 e. The molecule has 0 aromatic heterocycles. The van der Waals surface area contributed by atoms with E-state index in [1.807, 2.05) is 0 Å². The van der Waals surface area contributed by atoms with Crippen molar-refractivity contribution in [3.63, 3.8) is 0 Å². The Kier molecular flexibility index (Phi) is 4.44. The number of carbonyl (C=O) groups excluding carboxylic acids is 1. The highest BCUT2D eigenvalue weighted by molar-refractivity contribution is 7.86. The Morgan fingerprint density at radius 1 is 1.43 bits per heavy atom. The van der Waals surface area contributed by atoms with Gasteiger partial charge in [-0.15, -0.1) is 0 Å². The van der Waals surface area contributed by atoms with Crippen LogP contribution in [0.2, 0.25) is 0 Å². The topological polar surface area (TPSA) is 88.1 Å². The summed E-state index contributed by atoms with van der Waals surface area (Å²) in [5.74, 6) is -1.35. The summed E-state index contributed by atoms with van der Waals surface area (Å²) in [7, 11) is -3.69. The van der Waals surface area contributed by atoms with Crippen LogP contribution in [0.5, 0.6) is 0 Å². The first kappa shape index (κ1) is 16.4. The highest BCUT2D eigenvalue weighted by Gasteiger charge is 2.49. The lowest BCUT2D eigenvalue weighted by atomic mass is 9.92. The predicted octanol–water partition coefficient (Wildman–Crippen LogP) is 0.744. The third kappa shape index (κ3) is 4.03. The maximum atomic E-state index is 11.9. The van der Waals surface area contributed by atoms with E-state index in [1.54, 1.807) is 20.8 Å². The summed E-state index contributed by atoms with van der Waals surface area (Å²) in [4.78, 5) is 11.9. The van der Waals surface area contributed by atoms with E-state index in [1.165, 1.54) is 6.08 Å². The van der Waals surface area contributed by atoms with E-state index >= 15 is 0 Å². The first-order chi connectivity index (χ1) is 9.61. The molecule has 0 saturated carbocycles. The fourth-order valence-electron chi connectivity index (χ4n) is 2.54. The second-order valence-electron chi connectivity index (χ2n) is 5.52. The second-order valence-corrected chi connectivity index (χ2v) is 7.12. The van der Waals surface area contributed by atoms with Crippen molar-refractivity contribution in [2.75, 3.05) is 12.9 Å². The summed E-state index contributed by atoms with van der Waals surface area (Å²) < 4.78 is 44.2. The van der Waals surface area contributed by atoms with Crippen molar-refractivity contribution in [3.05, 3.63) is 11.6 Å². The van der Waals surface area contributed by atoms with Crippen LogP contribution in [0.3, 0.4) is 0 Å². The van der Waals surface area contributed by atoms with Crippen molar-refractivity contribution in [1.82, 2.24) is 0 Å². The molecule has 3 atom stereocenters. The van der Waals surface area contributed by atoms with Crippen LogP contribution >= 0.6 is 0 Å². The van der Waals surface area contributed by atoms with Crippen molar-refractivity contribution in [3.8, 4) is 0 Å². The van der Waals surface area contributed by atoms with Crippen molar-refractivity contribution >= 4 is 16.1 Å². The molecule has 1 aliphatic heterocycles. The first-order valence-corrected chi connectivity index (χ1v) is 8.54. The largest absolute Gasteiger partial charge is 0.463 e. The molecule has 0 unspecified atom stereocenters. The van der Waals surface area contributed by atoms with Gasteiger partial charge >= 0.3 is 5.97 Å². The van der Waals surface area contributed by atoms with E-state index in [9.17, 15) is 13.2 Å². The predicted molar refractivity (Wildman–Crippen MR) is 72.9 cm³/mol. The number of ether oxygens (including phenoxy) is 3. The summed E-state index contributed by atoms with van der Waals surface area (Å²) in [6.45, 7) is 5.40. The molecular formula is C13H20O7S.